The predicted molar refractivity (Wildman–Crippen MR) is 130 cm³/mol. The molecule has 0 heterocycles. The third-order valence-corrected chi connectivity index (χ3v) is 13.2. The molecule has 0 aromatic heterocycles. The molecule has 0 aromatic carbocycles. The molecule has 0 radical (unpaired) electrons. The monoisotopic (exact) mass is 424 g/mol. The molecule has 0 N–H and O–H groups in total. The molecule has 5 aliphatic rings. The molecule has 9 atom stereocenters. The van der Waals surface area contributed by atoms with E-state index >= 15 is 0 Å². The lowest BCUT2D eigenvalue weighted by Crippen LogP contribution is -2.66. The van der Waals surface area contributed by atoms with Crippen molar-refractivity contribution in [2.75, 3.05) is 0 Å². The summed E-state index contributed by atoms with van der Waals surface area (Å²) in [6.45, 7) is 22.0. The van der Waals surface area contributed by atoms with E-state index in [9.17, 15) is 4.79 Å². The van der Waals surface area contributed by atoms with Crippen LogP contribution in [0.3, 0.4) is 0 Å². The van der Waals surface area contributed by atoms with Crippen LogP contribution in [-0.2, 0) is 4.79 Å². The van der Waals surface area contributed by atoms with Gasteiger partial charge in [-0.15, -0.1) is 0 Å². The summed E-state index contributed by atoms with van der Waals surface area (Å²) in [7, 11) is 0. The molecule has 0 unspecified atom stereocenters. The Kier molecular flexibility index (Phi) is 4.66. The average Bonchev–Trinajstić information content (AvgIpc) is 3.04. The van der Waals surface area contributed by atoms with Gasteiger partial charge in [0.15, 0.2) is 0 Å². The van der Waals surface area contributed by atoms with Crippen LogP contribution in [0.5, 0.6) is 0 Å². The van der Waals surface area contributed by atoms with Crippen LogP contribution in [0.15, 0.2) is 12.2 Å². The number of hydrogen-bond donors (Lipinski definition) is 0. The first-order valence-corrected chi connectivity index (χ1v) is 13.5. The van der Waals surface area contributed by atoms with Gasteiger partial charge in [0, 0.05) is 11.8 Å². The lowest BCUT2D eigenvalue weighted by Gasteiger charge is -2.72. The molecule has 0 aromatic rings. The van der Waals surface area contributed by atoms with Gasteiger partial charge in [-0.3, -0.25) is 4.79 Å². The van der Waals surface area contributed by atoms with Crippen molar-refractivity contribution in [3.05, 3.63) is 12.2 Å². The van der Waals surface area contributed by atoms with Gasteiger partial charge in [0.25, 0.3) is 0 Å². The molecule has 0 amide bonds. The number of carbonyl (C=O) groups excluding carboxylic acids is 1. The molecule has 5 aliphatic carbocycles. The molecule has 5 rings (SSSR count). The maximum atomic E-state index is 12.9. The van der Waals surface area contributed by atoms with Crippen molar-refractivity contribution in [1.82, 2.24) is 0 Å². The van der Waals surface area contributed by atoms with Crippen molar-refractivity contribution in [3.63, 3.8) is 0 Å². The summed E-state index contributed by atoms with van der Waals surface area (Å²) in [5, 5.41) is 0. The van der Waals surface area contributed by atoms with Crippen molar-refractivity contribution in [1.29, 1.82) is 0 Å². The summed E-state index contributed by atoms with van der Waals surface area (Å²) in [5.74, 6) is 4.33. The van der Waals surface area contributed by atoms with Crippen molar-refractivity contribution in [3.8, 4) is 0 Å². The standard InChI is InChI=1S/C30H48O/c1-19(2)20-11-14-27(5)17-18-29(7)21(25(20)27)9-10-23-28(6)15-13-24(31)26(3,4)22(28)12-16-30(23,29)8/h20-23,25H,1,9-18H2,2-8H3/t20-,21+,22+,23-,25+,27+,28-,29-,30+/m1/s1. The maximum Gasteiger partial charge on any atom is 0.138 e. The number of Topliss-reactive ketones (excluding diaryl/α,β-unsaturated/α-hetero) is 1. The van der Waals surface area contributed by atoms with Crippen molar-refractivity contribution >= 4 is 5.78 Å². The minimum Gasteiger partial charge on any atom is -0.299 e. The van der Waals surface area contributed by atoms with Crippen LogP contribution in [0.4, 0.5) is 0 Å². The highest BCUT2D eigenvalue weighted by atomic mass is 16.1. The lowest BCUT2D eigenvalue weighted by molar-refractivity contribution is -0.232. The van der Waals surface area contributed by atoms with E-state index in [-0.39, 0.29) is 5.41 Å². The van der Waals surface area contributed by atoms with Gasteiger partial charge in [0.05, 0.1) is 0 Å². The van der Waals surface area contributed by atoms with Crippen LogP contribution in [-0.4, -0.2) is 5.78 Å². The Morgan fingerprint density at radius 2 is 1.52 bits per heavy atom. The van der Waals surface area contributed by atoms with Gasteiger partial charge in [-0.1, -0.05) is 53.7 Å². The summed E-state index contributed by atoms with van der Waals surface area (Å²) < 4.78 is 0. The first kappa shape index (κ1) is 22.2. The van der Waals surface area contributed by atoms with Gasteiger partial charge in [-0.2, -0.15) is 0 Å². The topological polar surface area (TPSA) is 17.1 Å². The van der Waals surface area contributed by atoms with E-state index in [1.807, 2.05) is 0 Å². The number of fused-ring (bicyclic) bond motifs is 7. The van der Waals surface area contributed by atoms with E-state index in [0.29, 0.717) is 33.4 Å². The number of allylic oxidation sites excluding steroid dienone is 1. The zero-order chi connectivity index (χ0) is 22.6. The molecule has 0 aliphatic heterocycles. The highest BCUT2D eigenvalue weighted by Gasteiger charge is 2.70. The SMILES string of the molecule is C=C(C)[C@H]1CC[C@@]2(C)CC[C@]3(C)[C@@H](CC[C@@H]4[C@]5(C)CCC(=O)C(C)(C)[C@@H]5CC[C@@]43C)[C@H]12. The van der Waals surface area contributed by atoms with Crippen LogP contribution in [0.25, 0.3) is 0 Å². The Morgan fingerprint density at radius 3 is 2.19 bits per heavy atom. The molecular weight excluding hydrogens is 376 g/mol. The van der Waals surface area contributed by atoms with Crippen molar-refractivity contribution in [2.24, 2.45) is 56.7 Å². The minimum atomic E-state index is -0.131. The van der Waals surface area contributed by atoms with E-state index in [1.54, 1.807) is 0 Å². The number of hydrogen-bond acceptors (Lipinski definition) is 1. The Labute approximate surface area is 192 Å². The molecule has 1 heteroatoms. The Bertz CT molecular complexity index is 807. The fourth-order valence-electron chi connectivity index (χ4n) is 11.3. The maximum absolute atomic E-state index is 12.9. The van der Waals surface area contributed by atoms with Crippen LogP contribution < -0.4 is 0 Å². The lowest BCUT2D eigenvalue weighted by atomic mass is 9.32. The van der Waals surface area contributed by atoms with Crippen molar-refractivity contribution < 1.29 is 4.79 Å². The zero-order valence-electron chi connectivity index (χ0n) is 21.6. The van der Waals surface area contributed by atoms with Gasteiger partial charge in [0.1, 0.15) is 5.78 Å². The summed E-state index contributed by atoms with van der Waals surface area (Å²) in [5.41, 5.74) is 3.06. The van der Waals surface area contributed by atoms with E-state index in [0.717, 1.165) is 36.5 Å². The minimum absolute atomic E-state index is 0.131. The smallest absolute Gasteiger partial charge is 0.138 e. The molecule has 1 nitrogen and oxygen atoms in total. The zero-order valence-corrected chi connectivity index (χ0v) is 21.6. The van der Waals surface area contributed by atoms with Gasteiger partial charge >= 0.3 is 0 Å². The molecule has 0 spiro atoms. The normalized spacial score (nSPS) is 55.6. The van der Waals surface area contributed by atoms with Gasteiger partial charge in [-0.05, 0) is 116 Å². The number of ketones is 1. The third-order valence-electron chi connectivity index (χ3n) is 13.2. The number of rotatable bonds is 1. The van der Waals surface area contributed by atoms with Crippen LogP contribution in [0.1, 0.15) is 113 Å². The van der Waals surface area contributed by atoms with Gasteiger partial charge in [-0.25, -0.2) is 0 Å². The second-order valence-corrected chi connectivity index (χ2v) is 14.5. The third kappa shape index (κ3) is 2.59. The number of carbonyl (C=O) groups is 1. The fraction of sp³-hybridized carbons (Fsp3) is 0.900. The highest BCUT2D eigenvalue weighted by Crippen LogP contribution is 2.77. The van der Waals surface area contributed by atoms with E-state index in [1.165, 1.54) is 56.9 Å². The van der Waals surface area contributed by atoms with Gasteiger partial charge < -0.3 is 0 Å². The first-order chi connectivity index (χ1) is 14.3. The summed E-state index contributed by atoms with van der Waals surface area (Å²) >= 11 is 0. The fourth-order valence-corrected chi connectivity index (χ4v) is 11.3. The predicted octanol–water partition coefficient (Wildman–Crippen LogP) is 8.23. The average molecular weight is 425 g/mol. The molecular formula is C30H48O. The Morgan fingerprint density at radius 1 is 0.806 bits per heavy atom. The molecule has 5 fully saturated rings. The molecule has 0 saturated heterocycles. The molecule has 174 valence electrons. The Balaban J connectivity index is 1.55. The highest BCUT2D eigenvalue weighted by molar-refractivity contribution is 5.85. The van der Waals surface area contributed by atoms with Crippen LogP contribution in [0.2, 0.25) is 0 Å². The molecule has 0 bridgehead atoms. The van der Waals surface area contributed by atoms with E-state index in [4.69, 9.17) is 0 Å². The largest absolute Gasteiger partial charge is 0.299 e. The van der Waals surface area contributed by atoms with Crippen LogP contribution in [0, 0.1) is 56.7 Å². The summed E-state index contributed by atoms with van der Waals surface area (Å²) in [4.78, 5) is 12.9. The Hall–Kier alpha value is -0.590. The summed E-state index contributed by atoms with van der Waals surface area (Å²) in [6.07, 6.45) is 13.0. The summed E-state index contributed by atoms with van der Waals surface area (Å²) in [6, 6.07) is 0. The second-order valence-electron chi connectivity index (χ2n) is 14.5. The van der Waals surface area contributed by atoms with E-state index in [2.05, 4.69) is 55.0 Å². The van der Waals surface area contributed by atoms with Crippen molar-refractivity contribution in [2.45, 2.75) is 113 Å². The van der Waals surface area contributed by atoms with Crippen LogP contribution >= 0.6 is 0 Å². The quantitative estimate of drug-likeness (QED) is 0.387. The van der Waals surface area contributed by atoms with E-state index < -0.39 is 0 Å². The first-order valence-electron chi connectivity index (χ1n) is 13.5. The molecule has 31 heavy (non-hydrogen) atoms. The molecule has 5 saturated carbocycles. The second kappa shape index (κ2) is 6.50. The van der Waals surface area contributed by atoms with Gasteiger partial charge in [0.2, 0.25) is 0 Å².